The number of aromatic nitrogens is 3. The fourth-order valence-electron chi connectivity index (χ4n) is 4.25. The van der Waals surface area contributed by atoms with E-state index >= 15 is 0 Å². The van der Waals surface area contributed by atoms with Gasteiger partial charge in [-0.3, -0.25) is 9.78 Å². The van der Waals surface area contributed by atoms with Crippen molar-refractivity contribution in [1.82, 2.24) is 14.5 Å². The van der Waals surface area contributed by atoms with Gasteiger partial charge in [0, 0.05) is 17.8 Å². The van der Waals surface area contributed by atoms with Gasteiger partial charge in [0.15, 0.2) is 0 Å². The number of hydrogen-bond acceptors (Lipinski definition) is 4. The minimum atomic E-state index is 0.00619. The topological polar surface area (TPSA) is 57.0 Å². The molecule has 1 saturated carbocycles. The smallest absolute Gasteiger partial charge is 0.272 e. The maximum absolute atomic E-state index is 13.0. The Morgan fingerprint density at radius 2 is 1.93 bits per heavy atom. The summed E-state index contributed by atoms with van der Waals surface area (Å²) >= 11 is 0. The van der Waals surface area contributed by atoms with Crippen LogP contribution in [0.4, 0.5) is 0 Å². The fraction of sp³-hybridized carbons (Fsp3) is 0.435. The molecular formula is C23H27N3O2. The van der Waals surface area contributed by atoms with Crippen molar-refractivity contribution in [1.29, 1.82) is 0 Å². The third-order valence-corrected chi connectivity index (χ3v) is 6.21. The molecule has 5 heteroatoms. The molecule has 3 aromatic rings. The van der Waals surface area contributed by atoms with E-state index in [-0.39, 0.29) is 11.6 Å². The van der Waals surface area contributed by atoms with Crippen molar-refractivity contribution in [2.75, 3.05) is 7.11 Å². The Morgan fingerprint density at radius 1 is 1.18 bits per heavy atom. The molecule has 0 radical (unpaired) electrons. The molecule has 1 aliphatic rings. The SMILES string of the molecule is COc1cc(C)c(-c2nccc3c2nc(C)c(=O)n3[C@@H](C)C2CCC2)cc1C. The molecule has 0 N–H and O–H groups in total. The predicted octanol–water partition coefficient (Wildman–Crippen LogP) is 4.75. The summed E-state index contributed by atoms with van der Waals surface area (Å²) in [7, 11) is 1.68. The molecule has 0 spiro atoms. The van der Waals surface area contributed by atoms with Crippen LogP contribution >= 0.6 is 0 Å². The third kappa shape index (κ3) is 2.89. The Hall–Kier alpha value is -2.69. The van der Waals surface area contributed by atoms with Crippen LogP contribution in [0.1, 0.15) is 49.0 Å². The van der Waals surface area contributed by atoms with Gasteiger partial charge in [-0.1, -0.05) is 6.42 Å². The third-order valence-electron chi connectivity index (χ3n) is 6.21. The van der Waals surface area contributed by atoms with Crippen molar-refractivity contribution in [2.24, 2.45) is 5.92 Å². The Labute approximate surface area is 165 Å². The second kappa shape index (κ2) is 7.04. The average molecular weight is 377 g/mol. The number of aryl methyl sites for hydroxylation is 3. The highest BCUT2D eigenvalue weighted by molar-refractivity contribution is 5.90. The van der Waals surface area contributed by atoms with E-state index in [1.54, 1.807) is 20.2 Å². The van der Waals surface area contributed by atoms with Gasteiger partial charge >= 0.3 is 0 Å². The van der Waals surface area contributed by atoms with Crippen molar-refractivity contribution in [3.8, 4) is 17.0 Å². The first kappa shape index (κ1) is 18.7. The first-order chi connectivity index (χ1) is 13.4. The Kier molecular flexibility index (Phi) is 4.69. The second-order valence-electron chi connectivity index (χ2n) is 7.97. The highest BCUT2D eigenvalue weighted by Gasteiger charge is 2.28. The number of pyridine rings is 1. The Balaban J connectivity index is 1.99. The molecule has 2 aromatic heterocycles. The lowest BCUT2D eigenvalue weighted by atomic mass is 9.80. The van der Waals surface area contributed by atoms with E-state index in [0.717, 1.165) is 39.2 Å². The van der Waals surface area contributed by atoms with Crippen LogP contribution in [-0.4, -0.2) is 21.6 Å². The lowest BCUT2D eigenvalue weighted by molar-refractivity contribution is 0.222. The van der Waals surface area contributed by atoms with Gasteiger partial charge in [-0.2, -0.15) is 0 Å². The van der Waals surface area contributed by atoms with Crippen LogP contribution in [0, 0.1) is 26.7 Å². The van der Waals surface area contributed by atoms with Gasteiger partial charge in [-0.05, 0) is 75.8 Å². The van der Waals surface area contributed by atoms with Crippen molar-refractivity contribution in [3.63, 3.8) is 0 Å². The molecule has 2 heterocycles. The fourth-order valence-corrected chi connectivity index (χ4v) is 4.25. The number of nitrogens with zero attached hydrogens (tertiary/aromatic N) is 3. The maximum atomic E-state index is 13.0. The number of methoxy groups -OCH3 is 1. The molecule has 0 amide bonds. The van der Waals surface area contributed by atoms with E-state index in [1.807, 2.05) is 23.6 Å². The van der Waals surface area contributed by atoms with Crippen LogP contribution in [0.2, 0.25) is 0 Å². The summed E-state index contributed by atoms with van der Waals surface area (Å²) < 4.78 is 7.40. The molecular weight excluding hydrogens is 350 g/mol. The number of fused-ring (bicyclic) bond motifs is 1. The summed E-state index contributed by atoms with van der Waals surface area (Å²) in [5.74, 6) is 1.42. The predicted molar refractivity (Wildman–Crippen MR) is 112 cm³/mol. The Bertz CT molecular complexity index is 1110. The first-order valence-corrected chi connectivity index (χ1v) is 9.95. The molecule has 1 atom stereocenters. The molecule has 1 aromatic carbocycles. The van der Waals surface area contributed by atoms with E-state index in [4.69, 9.17) is 4.74 Å². The van der Waals surface area contributed by atoms with Gasteiger partial charge in [0.05, 0.1) is 18.3 Å². The van der Waals surface area contributed by atoms with Crippen LogP contribution in [0.3, 0.4) is 0 Å². The minimum Gasteiger partial charge on any atom is -0.496 e. The van der Waals surface area contributed by atoms with E-state index in [1.165, 1.54) is 19.3 Å². The maximum Gasteiger partial charge on any atom is 0.272 e. The molecule has 1 aliphatic carbocycles. The summed E-state index contributed by atoms with van der Waals surface area (Å²) in [5.41, 5.74) is 6.16. The number of ether oxygens (including phenoxy) is 1. The molecule has 5 nitrogen and oxygen atoms in total. The number of rotatable bonds is 4. The largest absolute Gasteiger partial charge is 0.496 e. The monoisotopic (exact) mass is 377 g/mol. The van der Waals surface area contributed by atoms with Gasteiger partial charge in [-0.25, -0.2) is 4.98 Å². The summed E-state index contributed by atoms with van der Waals surface area (Å²) in [6.07, 6.45) is 5.41. The zero-order valence-electron chi connectivity index (χ0n) is 17.2. The average Bonchev–Trinajstić information content (AvgIpc) is 2.62. The lowest BCUT2D eigenvalue weighted by Crippen LogP contribution is -2.33. The van der Waals surface area contributed by atoms with Crippen LogP contribution in [0.25, 0.3) is 22.3 Å². The molecule has 28 heavy (non-hydrogen) atoms. The normalized spacial score (nSPS) is 15.5. The van der Waals surface area contributed by atoms with Crippen LogP contribution in [-0.2, 0) is 0 Å². The highest BCUT2D eigenvalue weighted by atomic mass is 16.5. The molecule has 0 unspecified atom stereocenters. The minimum absolute atomic E-state index is 0.00619. The summed E-state index contributed by atoms with van der Waals surface area (Å²) in [6.45, 7) is 8.04. The van der Waals surface area contributed by atoms with Gasteiger partial charge in [0.2, 0.25) is 0 Å². The van der Waals surface area contributed by atoms with Gasteiger partial charge in [-0.15, -0.1) is 0 Å². The summed E-state index contributed by atoms with van der Waals surface area (Å²) in [4.78, 5) is 22.3. The first-order valence-electron chi connectivity index (χ1n) is 9.95. The zero-order valence-corrected chi connectivity index (χ0v) is 17.2. The molecule has 4 rings (SSSR count). The quantitative estimate of drug-likeness (QED) is 0.658. The van der Waals surface area contributed by atoms with Crippen LogP contribution in [0.15, 0.2) is 29.2 Å². The van der Waals surface area contributed by atoms with Crippen LogP contribution < -0.4 is 10.3 Å². The van der Waals surface area contributed by atoms with Crippen LogP contribution in [0.5, 0.6) is 5.75 Å². The van der Waals surface area contributed by atoms with Crippen molar-refractivity contribution < 1.29 is 4.74 Å². The Morgan fingerprint density at radius 3 is 2.57 bits per heavy atom. The van der Waals surface area contributed by atoms with Crippen molar-refractivity contribution in [3.05, 3.63) is 51.6 Å². The standard InChI is InChI=1S/C23H27N3O2/c1-13-12-20(28-5)14(2)11-18(13)21-22-19(9-10-24-21)26(23(27)15(3)25-22)16(4)17-7-6-8-17/h9-12,16-17H,6-8H2,1-5H3/t16-/m0/s1. The second-order valence-corrected chi connectivity index (χ2v) is 7.97. The number of hydrogen-bond donors (Lipinski definition) is 0. The highest BCUT2D eigenvalue weighted by Crippen LogP contribution is 2.38. The van der Waals surface area contributed by atoms with E-state index in [9.17, 15) is 4.79 Å². The van der Waals surface area contributed by atoms with Gasteiger partial charge < -0.3 is 9.30 Å². The summed E-state index contributed by atoms with van der Waals surface area (Å²) in [5, 5.41) is 0. The molecule has 1 fully saturated rings. The lowest BCUT2D eigenvalue weighted by Gasteiger charge is -2.33. The number of benzene rings is 1. The molecule has 0 saturated heterocycles. The summed E-state index contributed by atoms with van der Waals surface area (Å²) in [6, 6.07) is 6.22. The zero-order chi connectivity index (χ0) is 20.0. The van der Waals surface area contributed by atoms with Crippen molar-refractivity contribution in [2.45, 2.75) is 53.0 Å². The van der Waals surface area contributed by atoms with E-state index < -0.39 is 0 Å². The molecule has 0 aliphatic heterocycles. The van der Waals surface area contributed by atoms with E-state index in [2.05, 4.69) is 29.9 Å². The molecule has 0 bridgehead atoms. The van der Waals surface area contributed by atoms with Gasteiger partial charge in [0.1, 0.15) is 17.0 Å². The van der Waals surface area contributed by atoms with Crippen molar-refractivity contribution >= 4 is 11.0 Å². The van der Waals surface area contributed by atoms with E-state index in [0.29, 0.717) is 11.6 Å². The molecule has 146 valence electrons. The van der Waals surface area contributed by atoms with Gasteiger partial charge in [0.25, 0.3) is 5.56 Å².